The summed E-state index contributed by atoms with van der Waals surface area (Å²) in [6.45, 7) is 5.27. The first kappa shape index (κ1) is 24.2. The van der Waals surface area contributed by atoms with E-state index in [-0.39, 0.29) is 28.7 Å². The van der Waals surface area contributed by atoms with Crippen molar-refractivity contribution in [3.63, 3.8) is 0 Å². The van der Waals surface area contributed by atoms with Crippen molar-refractivity contribution in [2.75, 3.05) is 13.1 Å². The topological polar surface area (TPSA) is 108 Å². The van der Waals surface area contributed by atoms with Crippen molar-refractivity contribution < 1.29 is 19.5 Å². The molecule has 2 N–H and O–H groups in total. The van der Waals surface area contributed by atoms with Crippen LogP contribution in [0.25, 0.3) is 22.0 Å². The van der Waals surface area contributed by atoms with Crippen LogP contribution in [0.3, 0.4) is 0 Å². The molecule has 38 heavy (non-hydrogen) atoms. The Labute approximate surface area is 220 Å². The number of likely N-dealkylation sites (tertiary alicyclic amines) is 1. The van der Waals surface area contributed by atoms with Gasteiger partial charge in [-0.05, 0) is 73.9 Å². The van der Waals surface area contributed by atoms with Crippen LogP contribution in [-0.4, -0.2) is 55.5 Å². The van der Waals surface area contributed by atoms with Crippen molar-refractivity contribution in [3.8, 4) is 11.1 Å². The minimum atomic E-state index is -0.975. The van der Waals surface area contributed by atoms with Crippen LogP contribution in [0.4, 0.5) is 0 Å². The van der Waals surface area contributed by atoms with Crippen molar-refractivity contribution in [1.29, 1.82) is 0 Å². The molecule has 0 radical (unpaired) electrons. The summed E-state index contributed by atoms with van der Waals surface area (Å²) in [7, 11) is 0. The molecule has 3 heterocycles. The number of aromatic amines is 1. The Hall–Kier alpha value is -4.20. The smallest absolute Gasteiger partial charge is 0.335 e. The van der Waals surface area contributed by atoms with Crippen LogP contribution in [0, 0.1) is 5.41 Å². The number of carboxylic acid groups (broad SMARTS) is 1. The molecule has 1 amide bonds. The van der Waals surface area contributed by atoms with E-state index in [0.29, 0.717) is 25.2 Å². The summed E-state index contributed by atoms with van der Waals surface area (Å²) in [4.78, 5) is 43.2. The van der Waals surface area contributed by atoms with Gasteiger partial charge in [-0.1, -0.05) is 24.3 Å². The SMILES string of the molecule is CC(C)n1ncc2c1C(=O)CC1(CCN(C(=O)c3cc4c(-c5cccc(C(=O)O)c5)cccc4[nH]3)CC1)C2. The highest BCUT2D eigenvalue weighted by molar-refractivity contribution is 6.03. The number of aromatic carboxylic acids is 1. The maximum absolute atomic E-state index is 13.5. The van der Waals surface area contributed by atoms with Crippen LogP contribution >= 0.6 is 0 Å². The van der Waals surface area contributed by atoms with Gasteiger partial charge < -0.3 is 15.0 Å². The number of hydrogen-bond donors (Lipinski definition) is 2. The van der Waals surface area contributed by atoms with Gasteiger partial charge in [0.25, 0.3) is 5.91 Å². The molecule has 6 rings (SSSR count). The lowest BCUT2D eigenvalue weighted by Gasteiger charge is -2.43. The van der Waals surface area contributed by atoms with Crippen LogP contribution in [-0.2, 0) is 6.42 Å². The number of rotatable bonds is 4. The molecule has 2 aliphatic rings. The molecule has 8 heteroatoms. The lowest BCUT2D eigenvalue weighted by molar-refractivity contribution is 0.0513. The van der Waals surface area contributed by atoms with E-state index in [9.17, 15) is 19.5 Å². The molecule has 1 fully saturated rings. The molecule has 0 saturated carbocycles. The van der Waals surface area contributed by atoms with E-state index in [1.165, 1.54) is 0 Å². The molecule has 1 saturated heterocycles. The Bertz CT molecular complexity index is 1590. The first-order chi connectivity index (χ1) is 18.2. The number of amides is 1. The number of piperidine rings is 1. The number of carbonyl (C=O) groups is 3. The zero-order chi connectivity index (χ0) is 26.6. The number of fused-ring (bicyclic) bond motifs is 2. The zero-order valence-electron chi connectivity index (χ0n) is 21.5. The second-order valence-electron chi connectivity index (χ2n) is 11.0. The van der Waals surface area contributed by atoms with Gasteiger partial charge in [-0.2, -0.15) is 5.10 Å². The number of carboxylic acids is 1. The summed E-state index contributed by atoms with van der Waals surface area (Å²) in [5.41, 5.74) is 4.89. The van der Waals surface area contributed by atoms with E-state index in [2.05, 4.69) is 10.1 Å². The van der Waals surface area contributed by atoms with Gasteiger partial charge in [0, 0.05) is 42.0 Å². The molecule has 2 aromatic heterocycles. The Morgan fingerprint density at radius 2 is 1.82 bits per heavy atom. The second kappa shape index (κ2) is 8.97. The molecule has 0 unspecified atom stereocenters. The lowest BCUT2D eigenvalue weighted by Crippen LogP contribution is -2.46. The predicted molar refractivity (Wildman–Crippen MR) is 144 cm³/mol. The monoisotopic (exact) mass is 510 g/mol. The fourth-order valence-corrected chi connectivity index (χ4v) is 6.17. The van der Waals surface area contributed by atoms with E-state index in [1.54, 1.807) is 18.2 Å². The molecular formula is C30H30N4O4. The number of Topliss-reactive ketones (excluding diaryl/α,β-unsaturated/α-hetero) is 1. The van der Waals surface area contributed by atoms with Crippen molar-refractivity contribution in [3.05, 3.63) is 77.2 Å². The lowest BCUT2D eigenvalue weighted by atomic mass is 9.67. The number of hydrogen-bond acceptors (Lipinski definition) is 4. The first-order valence-corrected chi connectivity index (χ1v) is 13.1. The number of carbonyl (C=O) groups excluding carboxylic acids is 2. The molecule has 1 aliphatic carbocycles. The van der Waals surface area contributed by atoms with E-state index in [0.717, 1.165) is 52.5 Å². The molecular weight excluding hydrogens is 480 g/mol. The van der Waals surface area contributed by atoms with Gasteiger partial charge in [0.2, 0.25) is 0 Å². The van der Waals surface area contributed by atoms with Gasteiger partial charge in [-0.3, -0.25) is 14.3 Å². The van der Waals surface area contributed by atoms with Crippen LogP contribution < -0.4 is 0 Å². The minimum absolute atomic E-state index is 0.0586. The average molecular weight is 511 g/mol. The summed E-state index contributed by atoms with van der Waals surface area (Å²) in [5.74, 6) is -0.874. The summed E-state index contributed by atoms with van der Waals surface area (Å²) in [5, 5.41) is 14.7. The van der Waals surface area contributed by atoms with Gasteiger partial charge in [0.05, 0.1) is 11.8 Å². The standard InChI is InChI=1S/C30H30N4O4/c1-18(2)34-27-21(17-31-34)15-30(16-26(27)35)9-11-33(12-10-30)28(36)25-14-23-22(7-4-8-24(23)32-25)19-5-3-6-20(13-19)29(37)38/h3-8,13-14,17-18,32H,9-12,15-16H2,1-2H3,(H,37,38). The molecule has 194 valence electrons. The van der Waals surface area contributed by atoms with E-state index in [4.69, 9.17) is 0 Å². The highest BCUT2D eigenvalue weighted by Gasteiger charge is 2.43. The summed E-state index contributed by atoms with van der Waals surface area (Å²) in [6.07, 6.45) is 4.74. The third kappa shape index (κ3) is 4.00. The van der Waals surface area contributed by atoms with Gasteiger partial charge in [-0.15, -0.1) is 0 Å². The van der Waals surface area contributed by atoms with Crippen LogP contribution in [0.5, 0.6) is 0 Å². The normalized spacial score (nSPS) is 16.8. The summed E-state index contributed by atoms with van der Waals surface area (Å²) >= 11 is 0. The quantitative estimate of drug-likeness (QED) is 0.384. The fraction of sp³-hybridized carbons (Fsp3) is 0.333. The molecule has 4 aromatic rings. The van der Waals surface area contributed by atoms with Crippen molar-refractivity contribution in [2.24, 2.45) is 5.41 Å². The van der Waals surface area contributed by atoms with Crippen LogP contribution in [0.1, 0.15) is 76.1 Å². The van der Waals surface area contributed by atoms with E-state index < -0.39 is 5.97 Å². The predicted octanol–water partition coefficient (Wildman–Crippen LogP) is 5.36. The van der Waals surface area contributed by atoms with Crippen molar-refractivity contribution in [2.45, 2.75) is 45.6 Å². The molecule has 8 nitrogen and oxygen atoms in total. The van der Waals surface area contributed by atoms with Gasteiger partial charge in [0.15, 0.2) is 5.78 Å². The van der Waals surface area contributed by atoms with Crippen LogP contribution in [0.2, 0.25) is 0 Å². The largest absolute Gasteiger partial charge is 0.478 e. The number of H-pyrrole nitrogens is 1. The Kier molecular flexibility index (Phi) is 5.70. The Morgan fingerprint density at radius 1 is 1.05 bits per heavy atom. The number of benzene rings is 2. The second-order valence-corrected chi connectivity index (χ2v) is 11.0. The molecule has 1 spiro atoms. The summed E-state index contributed by atoms with van der Waals surface area (Å²) < 4.78 is 1.84. The highest BCUT2D eigenvalue weighted by Crippen LogP contribution is 2.44. The van der Waals surface area contributed by atoms with Crippen LogP contribution in [0.15, 0.2) is 54.7 Å². The zero-order valence-corrected chi connectivity index (χ0v) is 21.5. The third-order valence-corrected chi connectivity index (χ3v) is 8.15. The first-order valence-electron chi connectivity index (χ1n) is 13.1. The Morgan fingerprint density at radius 3 is 2.55 bits per heavy atom. The number of nitrogens with zero attached hydrogens (tertiary/aromatic N) is 3. The minimum Gasteiger partial charge on any atom is -0.478 e. The highest BCUT2D eigenvalue weighted by atomic mass is 16.4. The Balaban J connectivity index is 1.21. The van der Waals surface area contributed by atoms with Crippen molar-refractivity contribution in [1.82, 2.24) is 19.7 Å². The third-order valence-electron chi connectivity index (χ3n) is 8.15. The van der Waals surface area contributed by atoms with Gasteiger partial charge >= 0.3 is 5.97 Å². The number of ketones is 1. The fourth-order valence-electron chi connectivity index (χ4n) is 6.17. The number of aromatic nitrogens is 3. The van der Waals surface area contributed by atoms with E-state index >= 15 is 0 Å². The maximum atomic E-state index is 13.5. The van der Waals surface area contributed by atoms with Gasteiger partial charge in [0.1, 0.15) is 11.4 Å². The number of nitrogens with one attached hydrogen (secondary N) is 1. The molecule has 2 aromatic carbocycles. The maximum Gasteiger partial charge on any atom is 0.335 e. The summed E-state index contributed by atoms with van der Waals surface area (Å²) in [6, 6.07) is 14.6. The average Bonchev–Trinajstić information content (AvgIpc) is 3.53. The molecule has 0 bridgehead atoms. The molecule has 0 atom stereocenters. The molecule has 1 aliphatic heterocycles. The van der Waals surface area contributed by atoms with E-state index in [1.807, 2.05) is 60.0 Å². The van der Waals surface area contributed by atoms with Crippen molar-refractivity contribution >= 4 is 28.6 Å². The van der Waals surface area contributed by atoms with Gasteiger partial charge in [-0.25, -0.2) is 4.79 Å².